The third-order valence-corrected chi connectivity index (χ3v) is 6.40. The number of rotatable bonds is 4. The predicted molar refractivity (Wildman–Crippen MR) is 143 cm³/mol. The van der Waals surface area contributed by atoms with E-state index in [0.29, 0.717) is 35.7 Å². The number of nitrogens with one attached hydrogen (secondary N) is 2. The van der Waals surface area contributed by atoms with Gasteiger partial charge in [-0.2, -0.15) is 0 Å². The van der Waals surface area contributed by atoms with E-state index in [1.165, 1.54) is 0 Å². The number of urea groups is 1. The number of fused-ring (bicyclic) bond motifs is 1. The summed E-state index contributed by atoms with van der Waals surface area (Å²) in [5.74, 6) is -0.00588. The molecule has 0 unspecified atom stereocenters. The fourth-order valence-electron chi connectivity index (χ4n) is 4.31. The molecule has 2 aromatic carbocycles. The Balaban J connectivity index is 1.95. The zero-order valence-electron chi connectivity index (χ0n) is 22.5. The van der Waals surface area contributed by atoms with Crippen LogP contribution in [0, 0.1) is 5.92 Å². The van der Waals surface area contributed by atoms with Gasteiger partial charge in [-0.05, 0) is 51.1 Å². The van der Waals surface area contributed by atoms with E-state index in [9.17, 15) is 14.4 Å². The van der Waals surface area contributed by atoms with Crippen molar-refractivity contribution in [1.29, 1.82) is 0 Å². The Morgan fingerprint density at radius 3 is 2.43 bits per heavy atom. The summed E-state index contributed by atoms with van der Waals surface area (Å²) in [5, 5.41) is 5.54. The van der Waals surface area contributed by atoms with Gasteiger partial charge in [0.2, 0.25) is 0 Å². The van der Waals surface area contributed by atoms with Crippen molar-refractivity contribution in [3.8, 4) is 5.75 Å². The molecule has 37 heavy (non-hydrogen) atoms. The van der Waals surface area contributed by atoms with Crippen molar-refractivity contribution in [2.75, 3.05) is 39.2 Å². The van der Waals surface area contributed by atoms with Crippen LogP contribution in [-0.4, -0.2) is 79.7 Å². The normalized spacial score (nSPS) is 20.8. The van der Waals surface area contributed by atoms with E-state index in [1.54, 1.807) is 54.3 Å². The zero-order chi connectivity index (χ0) is 27.1. The molecule has 0 aromatic heterocycles. The Hall–Kier alpha value is -3.59. The average Bonchev–Trinajstić information content (AvgIpc) is 2.87. The monoisotopic (exact) mass is 510 g/mol. The standard InChI is InChI=1S/C28H38N4O5/c1-18(2)29-28(35)30-22-12-13-24-23(14-22)27(34)31(5)16-25(36-6)19(3)15-32(20(4)17-37-24)26(33)21-10-8-7-9-11-21/h7-14,18-20,25H,15-17H2,1-6H3,(H2,29,30,35)/t19-,20-,25-/m0/s1. The van der Waals surface area contributed by atoms with E-state index in [2.05, 4.69) is 10.6 Å². The highest BCUT2D eigenvalue weighted by Crippen LogP contribution is 2.27. The van der Waals surface area contributed by atoms with E-state index in [0.717, 1.165) is 0 Å². The van der Waals surface area contributed by atoms with Crippen molar-refractivity contribution in [3.05, 3.63) is 59.7 Å². The number of methoxy groups -OCH3 is 1. The number of hydrogen-bond acceptors (Lipinski definition) is 5. The first-order valence-electron chi connectivity index (χ1n) is 12.6. The molecule has 4 amide bonds. The molecular weight excluding hydrogens is 472 g/mol. The lowest BCUT2D eigenvalue weighted by Crippen LogP contribution is -2.48. The van der Waals surface area contributed by atoms with Gasteiger partial charge in [0.25, 0.3) is 11.8 Å². The van der Waals surface area contributed by atoms with Crippen LogP contribution in [0.3, 0.4) is 0 Å². The number of carbonyl (C=O) groups excluding carboxylic acids is 3. The van der Waals surface area contributed by atoms with Gasteiger partial charge in [0.1, 0.15) is 12.4 Å². The van der Waals surface area contributed by atoms with Crippen LogP contribution in [0.15, 0.2) is 48.5 Å². The minimum Gasteiger partial charge on any atom is -0.491 e. The molecule has 2 aromatic rings. The number of nitrogens with zero attached hydrogens (tertiary/aromatic N) is 2. The van der Waals surface area contributed by atoms with Crippen LogP contribution in [0.25, 0.3) is 0 Å². The smallest absolute Gasteiger partial charge is 0.319 e. The first-order valence-corrected chi connectivity index (χ1v) is 12.6. The van der Waals surface area contributed by atoms with Gasteiger partial charge < -0.3 is 29.9 Å². The molecule has 0 bridgehead atoms. The predicted octanol–water partition coefficient (Wildman–Crippen LogP) is 3.86. The lowest BCUT2D eigenvalue weighted by molar-refractivity contribution is 0.0111. The van der Waals surface area contributed by atoms with Crippen molar-refractivity contribution < 1.29 is 23.9 Å². The van der Waals surface area contributed by atoms with Gasteiger partial charge in [-0.3, -0.25) is 9.59 Å². The van der Waals surface area contributed by atoms with E-state index >= 15 is 0 Å². The summed E-state index contributed by atoms with van der Waals surface area (Å²) in [6, 6.07) is 13.5. The Kier molecular flexibility index (Phi) is 9.52. The molecule has 0 saturated carbocycles. The van der Waals surface area contributed by atoms with Crippen LogP contribution in [0.4, 0.5) is 10.5 Å². The minimum absolute atomic E-state index is 0.0311. The third-order valence-electron chi connectivity index (χ3n) is 6.40. The van der Waals surface area contributed by atoms with E-state index in [1.807, 2.05) is 45.9 Å². The molecular formula is C28H38N4O5. The van der Waals surface area contributed by atoms with Gasteiger partial charge >= 0.3 is 6.03 Å². The fourth-order valence-corrected chi connectivity index (χ4v) is 4.31. The summed E-state index contributed by atoms with van der Waals surface area (Å²) < 4.78 is 11.9. The highest BCUT2D eigenvalue weighted by Gasteiger charge is 2.31. The number of hydrogen-bond donors (Lipinski definition) is 2. The fraction of sp³-hybridized carbons (Fsp3) is 0.464. The summed E-state index contributed by atoms with van der Waals surface area (Å²) in [6.07, 6.45) is -0.297. The van der Waals surface area contributed by atoms with Crippen molar-refractivity contribution in [3.63, 3.8) is 0 Å². The van der Waals surface area contributed by atoms with Gasteiger partial charge in [-0.15, -0.1) is 0 Å². The molecule has 9 heteroatoms. The lowest BCUT2D eigenvalue weighted by Gasteiger charge is -2.36. The van der Waals surface area contributed by atoms with Crippen molar-refractivity contribution in [2.24, 2.45) is 5.92 Å². The van der Waals surface area contributed by atoms with Gasteiger partial charge in [-0.25, -0.2) is 4.79 Å². The molecule has 0 aliphatic carbocycles. The summed E-state index contributed by atoms with van der Waals surface area (Å²) in [5.41, 5.74) is 1.40. The number of anilines is 1. The third kappa shape index (κ3) is 7.22. The number of ether oxygens (including phenoxy) is 2. The van der Waals surface area contributed by atoms with E-state index in [-0.39, 0.29) is 48.6 Å². The van der Waals surface area contributed by atoms with Crippen LogP contribution >= 0.6 is 0 Å². The van der Waals surface area contributed by atoms with Crippen LogP contribution in [0.5, 0.6) is 5.75 Å². The summed E-state index contributed by atoms with van der Waals surface area (Å²) in [4.78, 5) is 42.6. The molecule has 0 spiro atoms. The topological polar surface area (TPSA) is 100 Å². The maximum Gasteiger partial charge on any atom is 0.319 e. The molecule has 3 rings (SSSR count). The second-order valence-corrected chi connectivity index (χ2v) is 9.88. The number of amides is 4. The van der Waals surface area contributed by atoms with Crippen molar-refractivity contribution in [2.45, 2.75) is 45.9 Å². The van der Waals surface area contributed by atoms with Crippen LogP contribution in [0.2, 0.25) is 0 Å². The van der Waals surface area contributed by atoms with Crippen molar-refractivity contribution in [1.82, 2.24) is 15.1 Å². The molecule has 0 saturated heterocycles. The molecule has 1 heterocycles. The highest BCUT2D eigenvalue weighted by atomic mass is 16.5. The first-order chi connectivity index (χ1) is 17.6. The maximum atomic E-state index is 13.5. The number of benzene rings is 2. The molecule has 9 nitrogen and oxygen atoms in total. The molecule has 0 fully saturated rings. The van der Waals surface area contributed by atoms with Gasteiger partial charge in [0.05, 0.1) is 17.7 Å². The van der Waals surface area contributed by atoms with Crippen LogP contribution in [0.1, 0.15) is 48.4 Å². The van der Waals surface area contributed by atoms with Crippen molar-refractivity contribution >= 4 is 23.5 Å². The first kappa shape index (κ1) is 28.0. The Morgan fingerprint density at radius 2 is 1.78 bits per heavy atom. The Labute approximate surface area is 219 Å². The second-order valence-electron chi connectivity index (χ2n) is 9.88. The van der Waals surface area contributed by atoms with Gasteiger partial charge in [0, 0.05) is 50.5 Å². The van der Waals surface area contributed by atoms with E-state index < -0.39 is 0 Å². The highest BCUT2D eigenvalue weighted by molar-refractivity contribution is 5.99. The largest absolute Gasteiger partial charge is 0.491 e. The maximum absolute atomic E-state index is 13.5. The summed E-state index contributed by atoms with van der Waals surface area (Å²) in [7, 11) is 3.32. The van der Waals surface area contributed by atoms with Crippen LogP contribution in [-0.2, 0) is 4.74 Å². The second kappa shape index (κ2) is 12.6. The van der Waals surface area contributed by atoms with Gasteiger partial charge in [-0.1, -0.05) is 25.1 Å². The number of likely N-dealkylation sites (N-methyl/N-ethyl adjacent to an activating group) is 1. The Bertz CT molecular complexity index is 1090. The molecule has 1 aliphatic heterocycles. The van der Waals surface area contributed by atoms with Crippen LogP contribution < -0.4 is 15.4 Å². The minimum atomic E-state index is -0.359. The molecule has 0 radical (unpaired) electrons. The SMILES string of the molecule is CO[C@H]1CN(C)C(=O)c2cc(NC(=O)NC(C)C)ccc2OC[C@H](C)N(C(=O)c2ccccc2)C[C@@H]1C. The lowest BCUT2D eigenvalue weighted by atomic mass is 10.0. The number of carbonyl (C=O) groups is 3. The molecule has 200 valence electrons. The zero-order valence-corrected chi connectivity index (χ0v) is 22.5. The van der Waals surface area contributed by atoms with Gasteiger partial charge in [0.15, 0.2) is 0 Å². The average molecular weight is 511 g/mol. The Morgan fingerprint density at radius 1 is 1.08 bits per heavy atom. The molecule has 2 N–H and O–H groups in total. The molecule has 3 atom stereocenters. The summed E-state index contributed by atoms with van der Waals surface area (Å²) >= 11 is 0. The summed E-state index contributed by atoms with van der Waals surface area (Å²) in [6.45, 7) is 8.63. The molecule has 1 aliphatic rings. The van der Waals surface area contributed by atoms with E-state index in [4.69, 9.17) is 9.47 Å². The quantitative estimate of drug-likeness (QED) is 0.651.